The zero-order chi connectivity index (χ0) is 25.1. The van der Waals surface area contributed by atoms with Gasteiger partial charge in [-0.1, -0.05) is 0 Å². The Balaban J connectivity index is -0.000000174. The smallest absolute Gasteiger partial charge is 0.869 e. The fraction of sp³-hybridized carbons (Fsp3) is 0.400. The third-order valence-electron chi connectivity index (χ3n) is 1.84. The third kappa shape index (κ3) is 24.5. The molecule has 0 bridgehead atoms. The summed E-state index contributed by atoms with van der Waals surface area (Å²) in [7, 11) is 0. The van der Waals surface area contributed by atoms with E-state index in [-0.39, 0.29) is 58.6 Å². The summed E-state index contributed by atoms with van der Waals surface area (Å²) < 4.78 is 101. The Morgan fingerprint density at radius 1 is 0.516 bits per heavy atom. The number of allylic oxidation sites excluding steroid dienone is 6. The zero-order valence-electron chi connectivity index (χ0n) is 15.5. The topological polar surface area (TPSA) is 120 Å². The van der Waals surface area contributed by atoms with E-state index in [1.165, 1.54) is 0 Å². The Hall–Kier alpha value is -1.66. The van der Waals surface area contributed by atoms with E-state index >= 15 is 0 Å². The second-order valence-electron chi connectivity index (χ2n) is 4.85. The monoisotopic (exact) mass is 611 g/mol. The summed E-state index contributed by atoms with van der Waals surface area (Å²) in [6, 6.07) is 0. The minimum absolute atomic E-state index is 0. The SMILES string of the molecule is CC(=O)C=C([O-])C(F)(F)F.CC(=O)C=C([O-])C(F)(F)F.CC(=O)C=C([O-])C(F)(F)F.[Sm+3]. The van der Waals surface area contributed by atoms with Crippen molar-refractivity contribution < 1.29 is 110 Å². The van der Waals surface area contributed by atoms with E-state index in [9.17, 15) is 69.2 Å². The summed E-state index contributed by atoms with van der Waals surface area (Å²) in [5.41, 5.74) is 0. The molecule has 0 aliphatic carbocycles. The van der Waals surface area contributed by atoms with Gasteiger partial charge in [0.25, 0.3) is 0 Å². The molecular weight excluding hydrogens is 598 g/mol. The molecule has 0 unspecified atom stereocenters. The molecule has 0 rings (SSSR count). The predicted molar refractivity (Wildman–Crippen MR) is 74.5 cm³/mol. The van der Waals surface area contributed by atoms with Crippen molar-refractivity contribution in [2.45, 2.75) is 39.3 Å². The number of halogens is 9. The summed E-state index contributed by atoms with van der Waals surface area (Å²) in [6.45, 7) is 2.64. The van der Waals surface area contributed by atoms with Crippen molar-refractivity contribution in [3.63, 3.8) is 0 Å². The number of hydrogen-bond acceptors (Lipinski definition) is 6. The van der Waals surface area contributed by atoms with E-state index in [1.54, 1.807) is 0 Å². The fourth-order valence-electron chi connectivity index (χ4n) is 0.799. The minimum Gasteiger partial charge on any atom is -0.869 e. The van der Waals surface area contributed by atoms with Gasteiger partial charge < -0.3 is 15.3 Å². The molecule has 0 spiro atoms. The Morgan fingerprint density at radius 3 is 0.677 bits per heavy atom. The summed E-state index contributed by atoms with van der Waals surface area (Å²) in [5.74, 6) is -9.04. The van der Waals surface area contributed by atoms with E-state index in [2.05, 4.69) is 0 Å². The maximum absolute atomic E-state index is 11.3. The number of hydrogen-bond donors (Lipinski definition) is 0. The van der Waals surface area contributed by atoms with Gasteiger partial charge in [0.1, 0.15) is 0 Å². The molecule has 0 saturated heterocycles. The van der Waals surface area contributed by atoms with Crippen molar-refractivity contribution in [1.29, 1.82) is 0 Å². The fourth-order valence-corrected chi connectivity index (χ4v) is 0.799. The largest absolute Gasteiger partial charge is 3.00 e. The number of ketones is 3. The van der Waals surface area contributed by atoms with Gasteiger partial charge in [0.2, 0.25) is 0 Å². The molecule has 0 aromatic carbocycles. The van der Waals surface area contributed by atoms with Crippen LogP contribution in [-0.2, 0) is 14.4 Å². The molecule has 0 aromatic heterocycles. The van der Waals surface area contributed by atoms with Crippen molar-refractivity contribution in [2.75, 3.05) is 0 Å². The van der Waals surface area contributed by atoms with Crippen molar-refractivity contribution in [1.82, 2.24) is 0 Å². The Bertz CT molecular complexity index is 606. The molecule has 0 fully saturated rings. The summed E-state index contributed by atoms with van der Waals surface area (Å²) >= 11 is 0. The number of carbonyl (C=O) groups is 3. The van der Waals surface area contributed by atoms with Gasteiger partial charge >= 0.3 is 58.9 Å². The van der Waals surface area contributed by atoms with Crippen LogP contribution in [0.2, 0.25) is 0 Å². The molecular formula is C15H12F9O6Sm. The van der Waals surface area contributed by atoms with E-state index in [0.29, 0.717) is 0 Å². The van der Waals surface area contributed by atoms with Crippen molar-refractivity contribution in [2.24, 2.45) is 0 Å². The number of carbonyl (C=O) groups excluding carboxylic acids is 3. The van der Waals surface area contributed by atoms with Gasteiger partial charge in [0.15, 0.2) is 17.3 Å². The average molecular weight is 610 g/mol. The van der Waals surface area contributed by atoms with Gasteiger partial charge in [-0.3, -0.25) is 14.4 Å². The molecule has 6 nitrogen and oxygen atoms in total. The molecule has 1 radical (unpaired) electrons. The van der Waals surface area contributed by atoms with Crippen LogP contribution < -0.4 is 15.3 Å². The predicted octanol–water partition coefficient (Wildman–Crippen LogP) is 1.15. The summed E-state index contributed by atoms with van der Waals surface area (Å²) in [6.07, 6.45) is -14.7. The van der Waals surface area contributed by atoms with Crippen LogP contribution in [0, 0.1) is 40.4 Å². The van der Waals surface area contributed by atoms with Crippen LogP contribution in [0.15, 0.2) is 35.5 Å². The van der Waals surface area contributed by atoms with Crippen molar-refractivity contribution in [3.05, 3.63) is 35.5 Å². The van der Waals surface area contributed by atoms with Gasteiger partial charge in [-0.25, -0.2) is 0 Å². The van der Waals surface area contributed by atoms with Crippen molar-refractivity contribution >= 4 is 17.3 Å². The first-order valence-electron chi connectivity index (χ1n) is 6.91. The summed E-state index contributed by atoms with van der Waals surface area (Å²) in [5, 5.41) is 29.6. The number of alkyl halides is 9. The van der Waals surface area contributed by atoms with Crippen LogP contribution in [0.25, 0.3) is 0 Å². The quantitative estimate of drug-likeness (QED) is 0.269. The maximum Gasteiger partial charge on any atom is 3.00 e. The van der Waals surface area contributed by atoms with Crippen LogP contribution in [-0.4, -0.2) is 35.9 Å². The molecule has 177 valence electrons. The molecule has 0 aromatic rings. The molecule has 0 saturated carbocycles. The second kappa shape index (κ2) is 15.2. The first-order chi connectivity index (χ1) is 13.0. The Labute approximate surface area is 201 Å². The zero-order valence-corrected chi connectivity index (χ0v) is 18.1. The van der Waals surface area contributed by atoms with Gasteiger partial charge in [0.05, 0.1) is 0 Å². The Morgan fingerprint density at radius 2 is 0.645 bits per heavy atom. The first kappa shape index (κ1) is 36.7. The standard InChI is InChI=1S/3C5H5F3O2.Sm/c3*1-3(9)2-4(10)5(6,7)8;/h3*2,10H,1H3;/q;;;+3/p-3. The van der Waals surface area contributed by atoms with Gasteiger partial charge in [-0.05, 0) is 56.3 Å². The van der Waals surface area contributed by atoms with Gasteiger partial charge in [-0.15, -0.1) is 0 Å². The average Bonchev–Trinajstić information content (AvgIpc) is 2.43. The molecule has 0 aliphatic heterocycles. The Kier molecular flexibility index (Phi) is 18.0. The van der Waals surface area contributed by atoms with Crippen LogP contribution in [0.4, 0.5) is 39.5 Å². The van der Waals surface area contributed by atoms with Crippen LogP contribution in [0.3, 0.4) is 0 Å². The van der Waals surface area contributed by atoms with Gasteiger partial charge in [0, 0.05) is 0 Å². The third-order valence-corrected chi connectivity index (χ3v) is 1.84. The molecule has 0 N–H and O–H groups in total. The molecule has 31 heavy (non-hydrogen) atoms. The van der Waals surface area contributed by atoms with Crippen LogP contribution >= 0.6 is 0 Å². The van der Waals surface area contributed by atoms with E-state index in [4.69, 9.17) is 0 Å². The first-order valence-corrected chi connectivity index (χ1v) is 6.91. The minimum atomic E-state index is -4.92. The van der Waals surface area contributed by atoms with Crippen LogP contribution in [0.5, 0.6) is 0 Å². The molecule has 0 heterocycles. The molecule has 0 amide bonds. The number of rotatable bonds is 3. The van der Waals surface area contributed by atoms with E-state index in [0.717, 1.165) is 20.8 Å². The summed E-state index contributed by atoms with van der Waals surface area (Å²) in [4.78, 5) is 29.8. The van der Waals surface area contributed by atoms with Crippen LogP contribution in [0.1, 0.15) is 20.8 Å². The molecule has 0 aliphatic rings. The normalized spacial score (nSPS) is 13.0. The van der Waals surface area contributed by atoms with Crippen molar-refractivity contribution in [3.8, 4) is 0 Å². The molecule has 16 heteroatoms. The van der Waals surface area contributed by atoms with E-state index in [1.807, 2.05) is 0 Å². The second-order valence-corrected chi connectivity index (χ2v) is 4.85. The molecule has 0 atom stereocenters. The van der Waals surface area contributed by atoms with Gasteiger partial charge in [-0.2, -0.15) is 39.5 Å². The van der Waals surface area contributed by atoms with E-state index < -0.39 is 53.2 Å². The maximum atomic E-state index is 11.3.